The fourth-order valence-corrected chi connectivity index (χ4v) is 1.67. The molecule has 0 atom stereocenters. The molecule has 1 aliphatic rings. The number of hydrogen-bond acceptors (Lipinski definition) is 3. The van der Waals surface area contributed by atoms with Gasteiger partial charge in [0.05, 0.1) is 6.61 Å². The number of nitrogens with one attached hydrogen (secondary N) is 1. The highest BCUT2D eigenvalue weighted by Crippen LogP contribution is 2.34. The minimum atomic E-state index is -0.641. The van der Waals surface area contributed by atoms with E-state index in [1.165, 1.54) is 12.1 Å². The van der Waals surface area contributed by atoms with Gasteiger partial charge in [0.1, 0.15) is 5.82 Å². The Balaban J connectivity index is 2.04. The van der Waals surface area contributed by atoms with Gasteiger partial charge in [-0.15, -0.1) is 0 Å². The van der Waals surface area contributed by atoms with E-state index in [9.17, 15) is 9.18 Å². The zero-order chi connectivity index (χ0) is 12.5. The second-order valence-corrected chi connectivity index (χ2v) is 4.46. The summed E-state index contributed by atoms with van der Waals surface area (Å²) in [4.78, 5) is 10.8. The maximum Gasteiger partial charge on any atom is 0.248 e. The van der Waals surface area contributed by atoms with Crippen LogP contribution in [0.5, 0.6) is 0 Å². The van der Waals surface area contributed by atoms with Crippen LogP contribution in [0, 0.1) is 5.82 Å². The number of amides is 1. The molecule has 4 N–H and O–H groups in total. The molecule has 5 heteroatoms. The highest BCUT2D eigenvalue weighted by Gasteiger charge is 2.41. The molecule has 0 saturated heterocycles. The Hall–Kier alpha value is -1.46. The molecular weight excluding hydrogens is 223 g/mol. The molecule has 0 aliphatic heterocycles. The minimum Gasteiger partial charge on any atom is -0.394 e. The maximum absolute atomic E-state index is 13.6. The first kappa shape index (κ1) is 12.0. The van der Waals surface area contributed by atoms with Crippen molar-refractivity contribution in [1.29, 1.82) is 0 Å². The van der Waals surface area contributed by atoms with E-state index in [0.29, 0.717) is 12.1 Å². The molecule has 0 spiro atoms. The van der Waals surface area contributed by atoms with Gasteiger partial charge in [-0.2, -0.15) is 0 Å². The topological polar surface area (TPSA) is 75.4 Å². The molecule has 0 unspecified atom stereocenters. The third-order valence-corrected chi connectivity index (χ3v) is 3.15. The van der Waals surface area contributed by atoms with Crippen LogP contribution < -0.4 is 11.1 Å². The largest absolute Gasteiger partial charge is 0.394 e. The van der Waals surface area contributed by atoms with Crippen molar-refractivity contribution < 1.29 is 14.3 Å². The molecule has 0 bridgehead atoms. The van der Waals surface area contributed by atoms with Crippen LogP contribution >= 0.6 is 0 Å². The van der Waals surface area contributed by atoms with Crippen molar-refractivity contribution in [3.8, 4) is 0 Å². The van der Waals surface area contributed by atoms with Crippen molar-refractivity contribution in [3.05, 3.63) is 35.1 Å². The lowest BCUT2D eigenvalue weighted by molar-refractivity contribution is 0.1000. The number of aliphatic hydroxyl groups excluding tert-OH is 1. The van der Waals surface area contributed by atoms with Gasteiger partial charge in [0, 0.05) is 23.2 Å². The summed E-state index contributed by atoms with van der Waals surface area (Å²) in [5.41, 5.74) is 5.45. The summed E-state index contributed by atoms with van der Waals surface area (Å²) in [6.07, 6.45) is 1.81. The standard InChI is InChI=1S/C12H15FN2O2/c13-10-5-8(11(14)17)1-2-9(10)6-15-12(7-16)3-4-12/h1-2,5,15-16H,3-4,6-7H2,(H2,14,17). The van der Waals surface area contributed by atoms with Gasteiger partial charge in [0.15, 0.2) is 0 Å². The first-order chi connectivity index (χ1) is 8.06. The van der Waals surface area contributed by atoms with Crippen LogP contribution in [0.1, 0.15) is 28.8 Å². The number of carbonyl (C=O) groups excluding carboxylic acids is 1. The molecule has 1 aromatic carbocycles. The molecule has 1 fully saturated rings. The number of aliphatic hydroxyl groups is 1. The molecule has 0 aromatic heterocycles. The van der Waals surface area contributed by atoms with Crippen molar-refractivity contribution in [1.82, 2.24) is 5.32 Å². The Morgan fingerprint density at radius 3 is 2.71 bits per heavy atom. The summed E-state index contributed by atoms with van der Waals surface area (Å²) in [5.74, 6) is -1.10. The second kappa shape index (κ2) is 4.43. The van der Waals surface area contributed by atoms with Crippen LogP contribution in [0.2, 0.25) is 0 Å². The van der Waals surface area contributed by atoms with Crippen molar-refractivity contribution >= 4 is 5.91 Å². The van der Waals surface area contributed by atoms with E-state index in [2.05, 4.69) is 5.32 Å². The van der Waals surface area contributed by atoms with E-state index in [4.69, 9.17) is 10.8 Å². The summed E-state index contributed by atoms with van der Waals surface area (Å²) in [7, 11) is 0. The average Bonchev–Trinajstić information content (AvgIpc) is 3.08. The van der Waals surface area contributed by atoms with Crippen LogP contribution in [0.25, 0.3) is 0 Å². The SMILES string of the molecule is NC(=O)c1ccc(CNC2(CO)CC2)c(F)c1. The van der Waals surface area contributed by atoms with Gasteiger partial charge in [0.2, 0.25) is 5.91 Å². The Bertz CT molecular complexity index is 444. The van der Waals surface area contributed by atoms with Crippen LogP contribution in [0.15, 0.2) is 18.2 Å². The molecule has 0 radical (unpaired) electrons. The second-order valence-electron chi connectivity index (χ2n) is 4.46. The first-order valence-electron chi connectivity index (χ1n) is 5.50. The number of primary amides is 1. The molecule has 17 heavy (non-hydrogen) atoms. The zero-order valence-electron chi connectivity index (χ0n) is 9.37. The highest BCUT2D eigenvalue weighted by atomic mass is 19.1. The quantitative estimate of drug-likeness (QED) is 0.700. The fraction of sp³-hybridized carbons (Fsp3) is 0.417. The Morgan fingerprint density at radius 1 is 1.53 bits per heavy atom. The van der Waals surface area contributed by atoms with Crippen molar-refractivity contribution in [2.45, 2.75) is 24.9 Å². The number of rotatable bonds is 5. The molecule has 1 aliphatic carbocycles. The fourth-order valence-electron chi connectivity index (χ4n) is 1.67. The van der Waals surface area contributed by atoms with E-state index in [0.717, 1.165) is 18.9 Å². The molecule has 92 valence electrons. The van der Waals surface area contributed by atoms with Crippen LogP contribution in [-0.2, 0) is 6.54 Å². The molecular formula is C12H15FN2O2. The Kier molecular flexibility index (Phi) is 3.13. The minimum absolute atomic E-state index is 0.0635. The van der Waals surface area contributed by atoms with Gasteiger partial charge >= 0.3 is 0 Å². The van der Waals surface area contributed by atoms with E-state index in [1.54, 1.807) is 0 Å². The van der Waals surface area contributed by atoms with Crippen LogP contribution in [0.4, 0.5) is 4.39 Å². The zero-order valence-corrected chi connectivity index (χ0v) is 9.37. The van der Waals surface area contributed by atoms with Crippen molar-refractivity contribution in [3.63, 3.8) is 0 Å². The van der Waals surface area contributed by atoms with E-state index >= 15 is 0 Å². The lowest BCUT2D eigenvalue weighted by Crippen LogP contribution is -2.34. The monoisotopic (exact) mass is 238 g/mol. The summed E-state index contributed by atoms with van der Waals surface area (Å²) >= 11 is 0. The summed E-state index contributed by atoms with van der Waals surface area (Å²) in [5, 5.41) is 12.2. The van der Waals surface area contributed by atoms with Gasteiger partial charge in [-0.3, -0.25) is 4.79 Å². The smallest absolute Gasteiger partial charge is 0.248 e. The van der Waals surface area contributed by atoms with E-state index in [-0.39, 0.29) is 17.7 Å². The summed E-state index contributed by atoms with van der Waals surface area (Å²) in [6, 6.07) is 4.18. The molecule has 2 rings (SSSR count). The van der Waals surface area contributed by atoms with Gasteiger partial charge < -0.3 is 16.2 Å². The highest BCUT2D eigenvalue weighted by molar-refractivity contribution is 5.92. The van der Waals surface area contributed by atoms with Gasteiger partial charge in [-0.1, -0.05) is 6.07 Å². The van der Waals surface area contributed by atoms with Crippen molar-refractivity contribution in [2.75, 3.05) is 6.61 Å². The lowest BCUT2D eigenvalue weighted by atomic mass is 10.1. The number of benzene rings is 1. The predicted octanol–water partition coefficient (Wildman–Crippen LogP) is 0.539. The molecule has 0 heterocycles. The van der Waals surface area contributed by atoms with Gasteiger partial charge in [-0.25, -0.2) is 4.39 Å². The number of hydrogen-bond donors (Lipinski definition) is 3. The third-order valence-electron chi connectivity index (χ3n) is 3.15. The average molecular weight is 238 g/mol. The van der Waals surface area contributed by atoms with E-state index in [1.807, 2.05) is 0 Å². The maximum atomic E-state index is 13.6. The normalized spacial score (nSPS) is 16.8. The number of nitrogens with two attached hydrogens (primary N) is 1. The number of halogens is 1. The summed E-state index contributed by atoms with van der Waals surface area (Å²) < 4.78 is 13.6. The third kappa shape index (κ3) is 2.62. The lowest BCUT2D eigenvalue weighted by Gasteiger charge is -2.14. The van der Waals surface area contributed by atoms with Crippen LogP contribution in [-0.4, -0.2) is 23.2 Å². The van der Waals surface area contributed by atoms with E-state index < -0.39 is 11.7 Å². The molecule has 1 aromatic rings. The van der Waals surface area contributed by atoms with Crippen LogP contribution in [0.3, 0.4) is 0 Å². The number of carbonyl (C=O) groups is 1. The predicted molar refractivity (Wildman–Crippen MR) is 60.8 cm³/mol. The molecule has 1 amide bonds. The molecule has 1 saturated carbocycles. The Morgan fingerprint density at radius 2 is 2.24 bits per heavy atom. The summed E-state index contributed by atoms with van der Waals surface area (Å²) in [6.45, 7) is 0.402. The van der Waals surface area contributed by atoms with Crippen molar-refractivity contribution in [2.24, 2.45) is 5.73 Å². The Labute approximate surface area is 98.6 Å². The molecule has 4 nitrogen and oxygen atoms in total. The van der Waals surface area contributed by atoms with Gasteiger partial charge in [-0.05, 0) is 25.0 Å². The van der Waals surface area contributed by atoms with Gasteiger partial charge in [0.25, 0.3) is 0 Å². The first-order valence-corrected chi connectivity index (χ1v) is 5.50.